The fraction of sp³-hybridized carbons (Fsp3) is 0.724. The quantitative estimate of drug-likeness (QED) is 0.512. The summed E-state index contributed by atoms with van der Waals surface area (Å²) in [5, 5.41) is 14.2. The van der Waals surface area contributed by atoms with Gasteiger partial charge in [0.05, 0.1) is 0 Å². The molecule has 0 spiro atoms. The number of likely N-dealkylation sites (N-methyl/N-ethyl adjacent to an activating group) is 1. The molecule has 0 heterocycles. The third-order valence-electron chi connectivity index (χ3n) is 7.65. The van der Waals surface area contributed by atoms with Gasteiger partial charge in [0, 0.05) is 19.5 Å². The summed E-state index contributed by atoms with van der Waals surface area (Å²) < 4.78 is 0. The molecule has 1 atom stereocenters. The second-order valence-corrected chi connectivity index (χ2v) is 12.4. The summed E-state index contributed by atoms with van der Waals surface area (Å²) in [5.74, 6) is 0.267. The molecule has 1 aromatic rings. The van der Waals surface area contributed by atoms with E-state index in [0.717, 1.165) is 42.4 Å². The zero-order valence-electron chi connectivity index (χ0n) is 23.1. The number of benzene rings is 1. The maximum absolute atomic E-state index is 13.2. The number of phenolic OH excluding ortho intramolecular Hbond substituents is 1. The molecule has 1 fully saturated rings. The summed E-state index contributed by atoms with van der Waals surface area (Å²) in [6.45, 7) is 16.4. The number of phenols is 1. The molecule has 0 bridgehead atoms. The average Bonchev–Trinajstić information content (AvgIpc) is 2.76. The van der Waals surface area contributed by atoms with Crippen LogP contribution in [0.25, 0.3) is 0 Å². The molecule has 1 aliphatic carbocycles. The Hall–Kier alpha value is -2.04. The Balaban J connectivity index is 2.19. The highest BCUT2D eigenvalue weighted by Gasteiger charge is 2.39. The molecule has 2 rings (SSSR count). The van der Waals surface area contributed by atoms with Crippen LogP contribution in [-0.2, 0) is 26.8 Å². The van der Waals surface area contributed by atoms with Crippen molar-refractivity contribution in [2.45, 2.75) is 129 Å². The van der Waals surface area contributed by atoms with Crippen LogP contribution >= 0.6 is 0 Å². The van der Waals surface area contributed by atoms with Crippen molar-refractivity contribution in [3.63, 3.8) is 0 Å². The molecular formula is C29H48N2O3. The van der Waals surface area contributed by atoms with E-state index in [9.17, 15) is 14.7 Å². The lowest BCUT2D eigenvalue weighted by Gasteiger charge is -2.38. The number of nitrogens with one attached hydrogen (secondary N) is 1. The first-order chi connectivity index (χ1) is 15.6. The number of amides is 2. The van der Waals surface area contributed by atoms with Crippen molar-refractivity contribution in [2.24, 2.45) is 0 Å². The Morgan fingerprint density at radius 3 is 1.91 bits per heavy atom. The Labute approximate surface area is 207 Å². The lowest BCUT2D eigenvalue weighted by atomic mass is 9.78. The summed E-state index contributed by atoms with van der Waals surface area (Å²) >= 11 is 0. The van der Waals surface area contributed by atoms with Crippen molar-refractivity contribution in [1.29, 1.82) is 0 Å². The van der Waals surface area contributed by atoms with Gasteiger partial charge in [-0.1, -0.05) is 79.9 Å². The fourth-order valence-corrected chi connectivity index (χ4v) is 4.81. The van der Waals surface area contributed by atoms with E-state index in [-0.39, 0.29) is 28.7 Å². The lowest BCUT2D eigenvalue weighted by molar-refractivity contribution is -0.145. The summed E-state index contributed by atoms with van der Waals surface area (Å²) in [6.07, 6.45) is 7.05. The molecule has 34 heavy (non-hydrogen) atoms. The second kappa shape index (κ2) is 10.7. The van der Waals surface area contributed by atoms with Crippen LogP contribution in [0, 0.1) is 0 Å². The number of aryl methyl sites for hydroxylation is 1. The van der Waals surface area contributed by atoms with Gasteiger partial charge < -0.3 is 15.3 Å². The Kier molecular flexibility index (Phi) is 8.88. The normalized spacial score (nSPS) is 17.2. The van der Waals surface area contributed by atoms with Gasteiger partial charge in [0.1, 0.15) is 11.3 Å². The van der Waals surface area contributed by atoms with Crippen LogP contribution in [-0.4, -0.2) is 40.4 Å². The zero-order chi connectivity index (χ0) is 25.9. The number of nitrogens with zero attached hydrogens (tertiary/aromatic N) is 1. The van der Waals surface area contributed by atoms with Crippen LogP contribution in [0.5, 0.6) is 5.75 Å². The molecule has 0 aliphatic heterocycles. The van der Waals surface area contributed by atoms with Crippen molar-refractivity contribution >= 4 is 11.8 Å². The molecule has 1 aliphatic rings. The van der Waals surface area contributed by atoms with Crippen LogP contribution < -0.4 is 5.32 Å². The highest BCUT2D eigenvalue weighted by atomic mass is 16.3. The zero-order valence-corrected chi connectivity index (χ0v) is 23.1. The first-order valence-corrected chi connectivity index (χ1v) is 13.1. The minimum Gasteiger partial charge on any atom is -0.507 e. The molecule has 5 heteroatoms. The summed E-state index contributed by atoms with van der Waals surface area (Å²) in [7, 11) is 1.75. The number of rotatable bonds is 7. The lowest BCUT2D eigenvalue weighted by Crippen LogP contribution is -2.58. The molecule has 192 valence electrons. The van der Waals surface area contributed by atoms with Crippen molar-refractivity contribution in [1.82, 2.24) is 10.2 Å². The molecule has 0 radical (unpaired) electrons. The van der Waals surface area contributed by atoms with Gasteiger partial charge in [-0.3, -0.25) is 9.59 Å². The van der Waals surface area contributed by atoms with Crippen molar-refractivity contribution in [3.8, 4) is 5.75 Å². The van der Waals surface area contributed by atoms with E-state index in [1.165, 1.54) is 6.42 Å². The minimum atomic E-state index is -0.864. The van der Waals surface area contributed by atoms with Crippen LogP contribution in [0.4, 0.5) is 0 Å². The SMILES string of the molecule is CC[C@@](C)(C(=O)NC1CCCCC1)N(C)C(=O)CCc1cc(C(C)(C)C)c(O)c(C(C)(C)C)c1. The molecular weight excluding hydrogens is 424 g/mol. The Bertz CT molecular complexity index is 837. The van der Waals surface area contributed by atoms with Gasteiger partial charge in [-0.25, -0.2) is 0 Å². The minimum absolute atomic E-state index is 0.0363. The van der Waals surface area contributed by atoms with E-state index in [2.05, 4.69) is 46.9 Å². The number of hydrogen-bond donors (Lipinski definition) is 2. The number of aromatic hydroxyl groups is 1. The molecule has 2 amide bonds. The first kappa shape index (κ1) is 28.2. The predicted molar refractivity (Wildman–Crippen MR) is 140 cm³/mol. The first-order valence-electron chi connectivity index (χ1n) is 13.1. The summed E-state index contributed by atoms with van der Waals surface area (Å²) in [5.41, 5.74) is 1.57. The van der Waals surface area contributed by atoms with Crippen molar-refractivity contribution in [3.05, 3.63) is 28.8 Å². The molecule has 0 saturated heterocycles. The smallest absolute Gasteiger partial charge is 0.245 e. The maximum Gasteiger partial charge on any atom is 0.245 e. The monoisotopic (exact) mass is 472 g/mol. The average molecular weight is 473 g/mol. The third kappa shape index (κ3) is 6.55. The van der Waals surface area contributed by atoms with Gasteiger partial charge in [-0.05, 0) is 60.1 Å². The van der Waals surface area contributed by atoms with Crippen LogP contribution in [0.1, 0.15) is 117 Å². The van der Waals surface area contributed by atoms with Gasteiger partial charge in [0.2, 0.25) is 11.8 Å². The molecule has 0 unspecified atom stereocenters. The van der Waals surface area contributed by atoms with Crippen LogP contribution in [0.3, 0.4) is 0 Å². The number of hydrogen-bond acceptors (Lipinski definition) is 3. The van der Waals surface area contributed by atoms with E-state index in [4.69, 9.17) is 0 Å². The topological polar surface area (TPSA) is 69.6 Å². The van der Waals surface area contributed by atoms with Gasteiger partial charge in [-0.15, -0.1) is 0 Å². The van der Waals surface area contributed by atoms with Crippen molar-refractivity contribution in [2.75, 3.05) is 7.05 Å². The molecule has 0 aromatic heterocycles. The van der Waals surface area contributed by atoms with Gasteiger partial charge >= 0.3 is 0 Å². The molecule has 5 nitrogen and oxygen atoms in total. The molecule has 1 saturated carbocycles. The van der Waals surface area contributed by atoms with E-state index in [1.54, 1.807) is 11.9 Å². The van der Waals surface area contributed by atoms with Crippen LogP contribution in [0.15, 0.2) is 12.1 Å². The molecule has 1 aromatic carbocycles. The van der Waals surface area contributed by atoms with Gasteiger partial charge in [0.25, 0.3) is 0 Å². The largest absolute Gasteiger partial charge is 0.507 e. The second-order valence-electron chi connectivity index (χ2n) is 12.4. The standard InChI is InChI=1S/C29H48N2O3/c1-10-29(8,26(34)30-21-14-12-11-13-15-21)31(9)24(32)17-16-20-18-22(27(2,3)4)25(33)23(19-20)28(5,6)7/h18-19,21,33H,10-17H2,1-9H3,(H,30,34)/t29-/m0/s1. The van der Waals surface area contributed by atoms with E-state index < -0.39 is 5.54 Å². The van der Waals surface area contributed by atoms with Crippen molar-refractivity contribution < 1.29 is 14.7 Å². The Morgan fingerprint density at radius 1 is 0.971 bits per heavy atom. The summed E-state index contributed by atoms with van der Waals surface area (Å²) in [4.78, 5) is 28.1. The number of carbonyl (C=O) groups is 2. The fourth-order valence-electron chi connectivity index (χ4n) is 4.81. The maximum atomic E-state index is 13.2. The van der Waals surface area contributed by atoms with E-state index in [0.29, 0.717) is 25.0 Å². The predicted octanol–water partition coefficient (Wildman–Crippen LogP) is 6.00. The summed E-state index contributed by atoms with van der Waals surface area (Å²) in [6, 6.07) is 4.29. The third-order valence-corrected chi connectivity index (χ3v) is 7.65. The highest BCUT2D eigenvalue weighted by molar-refractivity contribution is 5.91. The van der Waals surface area contributed by atoms with E-state index >= 15 is 0 Å². The Morgan fingerprint density at radius 2 is 1.47 bits per heavy atom. The van der Waals surface area contributed by atoms with E-state index in [1.807, 2.05) is 26.0 Å². The van der Waals surface area contributed by atoms with Gasteiger partial charge in [-0.2, -0.15) is 0 Å². The van der Waals surface area contributed by atoms with Gasteiger partial charge in [0.15, 0.2) is 0 Å². The highest BCUT2D eigenvalue weighted by Crippen LogP contribution is 2.40. The number of carbonyl (C=O) groups excluding carboxylic acids is 2. The van der Waals surface area contributed by atoms with Crippen LogP contribution in [0.2, 0.25) is 0 Å². The molecule has 2 N–H and O–H groups in total.